The molecule has 0 amide bonds. The third kappa shape index (κ3) is 4.31. The van der Waals surface area contributed by atoms with Crippen LogP contribution < -0.4 is 5.32 Å². The summed E-state index contributed by atoms with van der Waals surface area (Å²) in [6.07, 6.45) is 5.48. The van der Waals surface area contributed by atoms with Crippen molar-refractivity contribution < 1.29 is 0 Å². The zero-order chi connectivity index (χ0) is 14.7. The first-order valence-corrected chi connectivity index (χ1v) is 8.76. The molecule has 0 aromatic heterocycles. The van der Waals surface area contributed by atoms with E-state index in [4.69, 9.17) is 0 Å². The largest absolute Gasteiger partial charge is 0.313 e. The molecule has 1 atom stereocenters. The second-order valence-corrected chi connectivity index (χ2v) is 7.35. The summed E-state index contributed by atoms with van der Waals surface area (Å²) in [5.41, 5.74) is 3.18. The molecular formula is C19H30N2. The Hall–Kier alpha value is -0.860. The SMILES string of the molecule is CC(C)CN(Cc1ccccc1C1CC1)CC1CCCN1. The Labute approximate surface area is 129 Å². The fourth-order valence-electron chi connectivity index (χ4n) is 3.66. The van der Waals surface area contributed by atoms with E-state index >= 15 is 0 Å². The summed E-state index contributed by atoms with van der Waals surface area (Å²) in [5.74, 6) is 1.59. The number of nitrogens with zero attached hydrogens (tertiary/aromatic N) is 1. The highest BCUT2D eigenvalue weighted by Gasteiger charge is 2.26. The summed E-state index contributed by atoms with van der Waals surface area (Å²) >= 11 is 0. The van der Waals surface area contributed by atoms with Crippen molar-refractivity contribution in [2.24, 2.45) is 5.92 Å². The average Bonchev–Trinajstić information content (AvgIpc) is 3.17. The molecule has 116 valence electrons. The first-order valence-electron chi connectivity index (χ1n) is 8.76. The van der Waals surface area contributed by atoms with Gasteiger partial charge in [-0.15, -0.1) is 0 Å². The van der Waals surface area contributed by atoms with Gasteiger partial charge < -0.3 is 5.32 Å². The van der Waals surface area contributed by atoms with Gasteiger partial charge in [-0.1, -0.05) is 38.1 Å². The van der Waals surface area contributed by atoms with Crippen LogP contribution in [0.25, 0.3) is 0 Å². The quantitative estimate of drug-likeness (QED) is 0.821. The molecule has 1 aliphatic heterocycles. The first kappa shape index (κ1) is 15.1. The van der Waals surface area contributed by atoms with Gasteiger partial charge in [0.15, 0.2) is 0 Å². The summed E-state index contributed by atoms with van der Waals surface area (Å²) in [4.78, 5) is 2.68. The molecule has 21 heavy (non-hydrogen) atoms. The van der Waals surface area contributed by atoms with E-state index in [2.05, 4.69) is 48.3 Å². The van der Waals surface area contributed by atoms with Crippen molar-refractivity contribution in [3.63, 3.8) is 0 Å². The van der Waals surface area contributed by atoms with E-state index in [1.54, 1.807) is 11.1 Å². The molecule has 1 aromatic carbocycles. The Bertz CT molecular complexity index is 445. The second kappa shape index (κ2) is 6.93. The standard InChI is InChI=1S/C19H30N2/c1-15(2)12-21(14-18-7-5-11-20-18)13-17-6-3-4-8-19(17)16-9-10-16/h3-4,6,8,15-16,18,20H,5,7,9-14H2,1-2H3. The van der Waals surface area contributed by atoms with Gasteiger partial charge in [0.2, 0.25) is 0 Å². The van der Waals surface area contributed by atoms with Gasteiger partial charge in [-0.2, -0.15) is 0 Å². The van der Waals surface area contributed by atoms with E-state index in [0.717, 1.165) is 18.4 Å². The van der Waals surface area contributed by atoms with Crippen LogP contribution >= 0.6 is 0 Å². The van der Waals surface area contributed by atoms with Gasteiger partial charge in [0.1, 0.15) is 0 Å². The molecular weight excluding hydrogens is 256 g/mol. The maximum atomic E-state index is 3.65. The summed E-state index contributed by atoms with van der Waals surface area (Å²) in [7, 11) is 0. The third-order valence-electron chi connectivity index (χ3n) is 4.73. The monoisotopic (exact) mass is 286 g/mol. The summed E-state index contributed by atoms with van der Waals surface area (Å²) in [6, 6.07) is 9.83. The molecule has 0 radical (unpaired) electrons. The smallest absolute Gasteiger partial charge is 0.0237 e. The van der Waals surface area contributed by atoms with Crippen molar-refractivity contribution in [2.45, 2.75) is 58.0 Å². The van der Waals surface area contributed by atoms with E-state index in [1.807, 2.05) is 0 Å². The molecule has 2 nitrogen and oxygen atoms in total. The number of benzene rings is 1. The van der Waals surface area contributed by atoms with E-state index in [1.165, 1.54) is 45.3 Å². The fourth-order valence-corrected chi connectivity index (χ4v) is 3.66. The van der Waals surface area contributed by atoms with Crippen LogP contribution in [0.3, 0.4) is 0 Å². The van der Waals surface area contributed by atoms with Crippen LogP contribution in [0.1, 0.15) is 56.6 Å². The van der Waals surface area contributed by atoms with Gasteiger partial charge in [0, 0.05) is 25.7 Å². The third-order valence-corrected chi connectivity index (χ3v) is 4.73. The van der Waals surface area contributed by atoms with E-state index in [-0.39, 0.29) is 0 Å². The van der Waals surface area contributed by atoms with Crippen molar-refractivity contribution in [1.82, 2.24) is 10.2 Å². The highest BCUT2D eigenvalue weighted by atomic mass is 15.2. The highest BCUT2D eigenvalue weighted by Crippen LogP contribution is 2.41. The molecule has 1 aromatic rings. The van der Waals surface area contributed by atoms with Crippen molar-refractivity contribution in [1.29, 1.82) is 0 Å². The van der Waals surface area contributed by atoms with E-state index < -0.39 is 0 Å². The zero-order valence-corrected chi connectivity index (χ0v) is 13.6. The summed E-state index contributed by atoms with van der Waals surface area (Å²) in [6.45, 7) is 9.42. The van der Waals surface area contributed by atoms with Gasteiger partial charge in [0.05, 0.1) is 0 Å². The predicted molar refractivity (Wildman–Crippen MR) is 89.6 cm³/mol. The topological polar surface area (TPSA) is 15.3 Å². The predicted octanol–water partition coefficient (Wildman–Crippen LogP) is 3.77. The molecule has 0 spiro atoms. The average molecular weight is 286 g/mol. The normalized spacial score (nSPS) is 22.4. The second-order valence-electron chi connectivity index (χ2n) is 7.35. The van der Waals surface area contributed by atoms with Crippen molar-refractivity contribution in [3.05, 3.63) is 35.4 Å². The maximum absolute atomic E-state index is 3.65. The number of nitrogens with one attached hydrogen (secondary N) is 1. The first-order chi connectivity index (χ1) is 10.2. The zero-order valence-electron chi connectivity index (χ0n) is 13.6. The van der Waals surface area contributed by atoms with Crippen LogP contribution in [0.2, 0.25) is 0 Å². The van der Waals surface area contributed by atoms with Gasteiger partial charge in [-0.3, -0.25) is 4.90 Å². The lowest BCUT2D eigenvalue weighted by atomic mass is 10.0. The number of hydrogen-bond acceptors (Lipinski definition) is 2. The Morgan fingerprint density at radius 3 is 2.67 bits per heavy atom. The van der Waals surface area contributed by atoms with Crippen LogP contribution in [0.5, 0.6) is 0 Å². The lowest BCUT2D eigenvalue weighted by Gasteiger charge is -2.28. The molecule has 1 saturated heterocycles. The molecule has 1 N–H and O–H groups in total. The number of rotatable bonds is 7. The Morgan fingerprint density at radius 2 is 2.00 bits per heavy atom. The van der Waals surface area contributed by atoms with Crippen LogP contribution in [0, 0.1) is 5.92 Å². The summed E-state index contributed by atoms with van der Waals surface area (Å²) in [5, 5.41) is 3.65. The Kier molecular flexibility index (Phi) is 4.97. The minimum Gasteiger partial charge on any atom is -0.313 e. The van der Waals surface area contributed by atoms with Crippen molar-refractivity contribution in [2.75, 3.05) is 19.6 Å². The van der Waals surface area contributed by atoms with Gasteiger partial charge >= 0.3 is 0 Å². The molecule has 1 aliphatic carbocycles. The number of hydrogen-bond donors (Lipinski definition) is 1. The summed E-state index contributed by atoms with van der Waals surface area (Å²) < 4.78 is 0. The van der Waals surface area contributed by atoms with Crippen LogP contribution in [0.15, 0.2) is 24.3 Å². The van der Waals surface area contributed by atoms with Gasteiger partial charge in [0.25, 0.3) is 0 Å². The fraction of sp³-hybridized carbons (Fsp3) is 0.684. The van der Waals surface area contributed by atoms with E-state index in [9.17, 15) is 0 Å². The van der Waals surface area contributed by atoms with Crippen LogP contribution in [-0.4, -0.2) is 30.6 Å². The Morgan fingerprint density at radius 1 is 1.19 bits per heavy atom. The van der Waals surface area contributed by atoms with Crippen molar-refractivity contribution in [3.8, 4) is 0 Å². The van der Waals surface area contributed by atoms with Crippen LogP contribution in [0.4, 0.5) is 0 Å². The minimum absolute atomic E-state index is 0.705. The molecule has 2 fully saturated rings. The van der Waals surface area contributed by atoms with Gasteiger partial charge in [-0.25, -0.2) is 0 Å². The minimum atomic E-state index is 0.705. The van der Waals surface area contributed by atoms with E-state index in [0.29, 0.717) is 6.04 Å². The van der Waals surface area contributed by atoms with Gasteiger partial charge in [-0.05, 0) is 55.2 Å². The molecule has 0 bridgehead atoms. The maximum Gasteiger partial charge on any atom is 0.0237 e. The molecule has 2 aliphatic rings. The van der Waals surface area contributed by atoms with Crippen LogP contribution in [-0.2, 0) is 6.54 Å². The molecule has 1 saturated carbocycles. The molecule has 1 heterocycles. The molecule has 1 unspecified atom stereocenters. The highest BCUT2D eigenvalue weighted by molar-refractivity contribution is 5.33. The lowest BCUT2D eigenvalue weighted by molar-refractivity contribution is 0.215. The lowest BCUT2D eigenvalue weighted by Crippen LogP contribution is -2.39. The van der Waals surface area contributed by atoms with Crippen molar-refractivity contribution >= 4 is 0 Å². The molecule has 2 heteroatoms. The Balaban J connectivity index is 1.67. The molecule has 3 rings (SSSR count).